The molecule has 0 radical (unpaired) electrons. The molecule has 0 spiro atoms. The molecule has 0 bridgehead atoms. The first-order chi connectivity index (χ1) is 27.9. The largest absolute Gasteiger partial charge is 0.505 e. The van der Waals surface area contributed by atoms with E-state index in [0.29, 0.717) is 22.7 Å². The van der Waals surface area contributed by atoms with Crippen LogP contribution in [0.2, 0.25) is 0 Å². The van der Waals surface area contributed by atoms with E-state index in [4.69, 9.17) is 25.8 Å². The Balaban J connectivity index is 1.47. The number of amides is 1. The van der Waals surface area contributed by atoms with Crippen molar-refractivity contribution in [3.8, 4) is 11.5 Å². The van der Waals surface area contributed by atoms with Crippen molar-refractivity contribution in [3.63, 3.8) is 0 Å². The lowest BCUT2D eigenvalue weighted by Crippen LogP contribution is -2.24. The van der Waals surface area contributed by atoms with Crippen LogP contribution in [0.15, 0.2) is 105 Å². The highest BCUT2D eigenvalue weighted by Gasteiger charge is 2.27. The molecular formula is C41H43N7O9S2. The molecule has 5 aromatic carbocycles. The lowest BCUT2D eigenvalue weighted by molar-refractivity contribution is -0.384. The Hall–Kier alpha value is -6.10. The third-order valence-electron chi connectivity index (χ3n) is 10.0. The van der Waals surface area contributed by atoms with Crippen LogP contribution in [-0.2, 0) is 35.0 Å². The lowest BCUT2D eigenvalue weighted by Gasteiger charge is -2.30. The maximum Gasteiger partial charge on any atom is 0.262 e. The number of anilines is 2. The first-order valence-corrected chi connectivity index (χ1v) is 20.5. The van der Waals surface area contributed by atoms with Crippen LogP contribution in [0, 0.1) is 16.7 Å². The van der Waals surface area contributed by atoms with E-state index < -0.39 is 20.9 Å². The summed E-state index contributed by atoms with van der Waals surface area (Å²) < 4.78 is 34.8. The molecule has 0 fully saturated rings. The van der Waals surface area contributed by atoms with Gasteiger partial charge in [-0.2, -0.15) is 10.2 Å². The molecule has 0 unspecified atom stereocenters. The SMILES string of the molecule is [C-]#[N+]c1cc([N+](=O)[O-])ccc1N=Nc1cc(NC(=O)COc2ccc(C(C)(C)CC)cc2C(C)(C)CC)c(O)c2cccc(NOOSc3cccc(S(N)(=O)=O)c3)c12. The highest BCUT2D eigenvalue weighted by atomic mass is 32.2. The highest BCUT2D eigenvalue weighted by Crippen LogP contribution is 2.44. The van der Waals surface area contributed by atoms with E-state index in [9.17, 15) is 28.4 Å². The summed E-state index contributed by atoms with van der Waals surface area (Å²) in [6, 6.07) is 21.3. The number of non-ortho nitro benzene ring substituents is 1. The molecule has 1 amide bonds. The number of nitro benzene ring substituents is 1. The molecule has 0 heterocycles. The summed E-state index contributed by atoms with van der Waals surface area (Å²) in [5.41, 5.74) is 4.26. The van der Waals surface area contributed by atoms with Gasteiger partial charge in [0.2, 0.25) is 15.7 Å². The minimum absolute atomic E-state index is 0.0214. The number of ether oxygens (including phenoxy) is 1. The smallest absolute Gasteiger partial charge is 0.262 e. The molecule has 0 atom stereocenters. The number of rotatable bonds is 17. The van der Waals surface area contributed by atoms with Crippen LogP contribution in [0.1, 0.15) is 65.5 Å². The van der Waals surface area contributed by atoms with Crippen molar-refractivity contribution in [2.24, 2.45) is 15.4 Å². The molecular weight excluding hydrogens is 799 g/mol. The van der Waals surface area contributed by atoms with Gasteiger partial charge in [-0.1, -0.05) is 71.9 Å². The zero-order chi connectivity index (χ0) is 43.1. The molecule has 308 valence electrons. The molecule has 0 aliphatic rings. The van der Waals surface area contributed by atoms with Crippen molar-refractivity contribution < 1.29 is 37.3 Å². The second-order valence-corrected chi connectivity index (χ2v) is 17.0. The zero-order valence-electron chi connectivity index (χ0n) is 33.1. The Morgan fingerprint density at radius 2 is 1.66 bits per heavy atom. The summed E-state index contributed by atoms with van der Waals surface area (Å²) in [6.07, 6.45) is 1.76. The molecule has 5 rings (SSSR count). The van der Waals surface area contributed by atoms with Gasteiger partial charge in [-0.05, 0) is 71.7 Å². The number of nitrogens with one attached hydrogen (secondary N) is 2. The molecule has 16 nitrogen and oxygen atoms in total. The fourth-order valence-electron chi connectivity index (χ4n) is 5.77. The number of fused-ring (bicyclic) bond motifs is 1. The van der Waals surface area contributed by atoms with E-state index in [0.717, 1.165) is 30.0 Å². The molecule has 0 saturated heterocycles. The van der Waals surface area contributed by atoms with Gasteiger partial charge in [-0.3, -0.25) is 14.9 Å². The van der Waals surface area contributed by atoms with Crippen molar-refractivity contribution in [1.29, 1.82) is 0 Å². The van der Waals surface area contributed by atoms with E-state index in [2.05, 4.69) is 73.5 Å². The fraction of sp³-hybridized carbons (Fsp3) is 0.268. The lowest BCUT2D eigenvalue weighted by atomic mass is 9.76. The van der Waals surface area contributed by atoms with Gasteiger partial charge in [0.05, 0.1) is 51.2 Å². The molecule has 5 N–H and O–H groups in total. The summed E-state index contributed by atoms with van der Waals surface area (Å²) in [6.45, 7) is 20.0. The van der Waals surface area contributed by atoms with Crippen LogP contribution >= 0.6 is 12.0 Å². The van der Waals surface area contributed by atoms with E-state index in [1.165, 1.54) is 36.4 Å². The number of phenols is 1. The maximum atomic E-state index is 13.5. The third kappa shape index (κ3) is 10.5. The number of primary sulfonamides is 1. The third-order valence-corrected chi connectivity index (χ3v) is 11.5. The number of azo groups is 1. The molecule has 0 aliphatic carbocycles. The van der Waals surface area contributed by atoms with Crippen molar-refractivity contribution in [2.75, 3.05) is 17.4 Å². The number of carbonyl (C=O) groups excluding carboxylic acids is 1. The van der Waals surface area contributed by atoms with Gasteiger partial charge in [-0.15, -0.1) is 9.32 Å². The summed E-state index contributed by atoms with van der Waals surface area (Å²) >= 11 is 0.684. The normalized spacial score (nSPS) is 12.0. The number of sulfonamides is 1. The summed E-state index contributed by atoms with van der Waals surface area (Å²) in [5.74, 6) is -0.352. The number of nitrogens with zero attached hydrogens (tertiary/aromatic N) is 4. The van der Waals surface area contributed by atoms with Gasteiger partial charge in [0.25, 0.3) is 11.6 Å². The minimum atomic E-state index is -3.96. The number of nitrogens with two attached hydrogens (primary N) is 1. The van der Waals surface area contributed by atoms with Gasteiger partial charge in [-0.25, -0.2) is 23.9 Å². The van der Waals surface area contributed by atoms with Crippen molar-refractivity contribution >= 4 is 72.9 Å². The molecule has 5 aromatic rings. The Morgan fingerprint density at radius 1 is 0.949 bits per heavy atom. The second kappa shape index (κ2) is 18.2. The quantitative estimate of drug-likeness (QED) is 0.0101. The van der Waals surface area contributed by atoms with Crippen LogP contribution in [-0.4, -0.2) is 31.0 Å². The predicted octanol–water partition coefficient (Wildman–Crippen LogP) is 10.4. The number of benzene rings is 5. The van der Waals surface area contributed by atoms with Crippen molar-refractivity contribution in [3.05, 3.63) is 118 Å². The first-order valence-electron chi connectivity index (χ1n) is 18.2. The Morgan fingerprint density at radius 3 is 2.34 bits per heavy atom. The second-order valence-electron chi connectivity index (χ2n) is 14.6. The van der Waals surface area contributed by atoms with E-state index >= 15 is 0 Å². The van der Waals surface area contributed by atoms with E-state index in [-0.39, 0.29) is 73.0 Å². The Kier molecular flexibility index (Phi) is 13.6. The molecule has 59 heavy (non-hydrogen) atoms. The molecule has 0 aromatic heterocycles. The van der Waals surface area contributed by atoms with Crippen LogP contribution in [0.25, 0.3) is 15.6 Å². The maximum absolute atomic E-state index is 13.5. The number of carbonyl (C=O) groups is 1. The van der Waals surface area contributed by atoms with Gasteiger partial charge in [0.1, 0.15) is 11.5 Å². The van der Waals surface area contributed by atoms with Crippen LogP contribution in [0.4, 0.5) is 34.1 Å². The van der Waals surface area contributed by atoms with Gasteiger partial charge in [0, 0.05) is 33.4 Å². The average molecular weight is 842 g/mol. The van der Waals surface area contributed by atoms with Crippen molar-refractivity contribution in [2.45, 2.75) is 75.0 Å². The Labute approximate surface area is 345 Å². The Bertz CT molecular complexity index is 2590. The fourth-order valence-corrected chi connectivity index (χ4v) is 6.86. The van der Waals surface area contributed by atoms with Crippen molar-refractivity contribution in [1.82, 2.24) is 0 Å². The van der Waals surface area contributed by atoms with Gasteiger partial charge in [0.15, 0.2) is 6.61 Å². The predicted molar refractivity (Wildman–Crippen MR) is 226 cm³/mol. The van der Waals surface area contributed by atoms with Gasteiger partial charge >= 0.3 is 0 Å². The highest BCUT2D eigenvalue weighted by molar-refractivity contribution is 7.94. The standard InChI is InChI=1S/C41H43N7O9S2/c1-8-40(3,4)25-16-19-36(30(20-25)41(5,6)9-2)55-24-37(49)44-35-23-34(46-45-31-18-17-26(48(51)52)21-33(31)43-7)38-29(39(35)50)14-11-15-32(38)47-56-57-58-27-12-10-13-28(22-27)59(42,53)54/h10-23,47,50H,8-9,24H2,1-6H3,(H,44,49)(H2,42,53,54). The van der Waals surface area contributed by atoms with Crippen LogP contribution in [0.5, 0.6) is 11.5 Å². The number of hydrogen-bond acceptors (Lipinski definition) is 13. The molecule has 18 heteroatoms. The summed E-state index contributed by atoms with van der Waals surface area (Å²) in [4.78, 5) is 33.0. The monoisotopic (exact) mass is 841 g/mol. The number of hydrogen-bond donors (Lipinski definition) is 4. The van der Waals surface area contributed by atoms with E-state index in [1.807, 2.05) is 12.1 Å². The number of nitro groups is 1. The number of phenolic OH excluding ortho intramolecular Hbond substituents is 1. The van der Waals surface area contributed by atoms with Gasteiger partial charge < -0.3 is 15.2 Å². The summed E-state index contributed by atoms with van der Waals surface area (Å²) in [7, 11) is -3.96. The first kappa shape index (κ1) is 44.0. The molecule has 0 saturated carbocycles. The average Bonchev–Trinajstić information content (AvgIpc) is 3.21. The minimum Gasteiger partial charge on any atom is -0.505 e. The summed E-state index contributed by atoms with van der Waals surface area (Å²) in [5, 5.41) is 39.8. The molecule has 0 aliphatic heterocycles. The van der Waals surface area contributed by atoms with Crippen LogP contribution < -0.4 is 20.7 Å². The zero-order valence-corrected chi connectivity index (χ0v) is 34.7. The van der Waals surface area contributed by atoms with E-state index in [1.54, 1.807) is 24.3 Å². The topological polar surface area (TPSA) is 221 Å². The number of aromatic hydroxyl groups is 1. The van der Waals surface area contributed by atoms with Crippen LogP contribution in [0.3, 0.4) is 0 Å².